The van der Waals surface area contributed by atoms with E-state index in [-0.39, 0.29) is 5.82 Å². The van der Waals surface area contributed by atoms with E-state index < -0.39 is 6.03 Å². The predicted octanol–water partition coefficient (Wildman–Crippen LogP) is 4.81. The molecule has 0 saturated carbocycles. The van der Waals surface area contributed by atoms with Gasteiger partial charge in [0.1, 0.15) is 5.82 Å². The van der Waals surface area contributed by atoms with Crippen LogP contribution in [-0.4, -0.2) is 26.0 Å². The Morgan fingerprint density at radius 1 is 0.839 bits per heavy atom. The molecule has 0 radical (unpaired) electrons. The summed E-state index contributed by atoms with van der Waals surface area (Å²) in [7, 11) is 0. The van der Waals surface area contributed by atoms with Crippen LogP contribution in [0.15, 0.2) is 66.7 Å². The maximum atomic E-state index is 12.9. The molecule has 0 spiro atoms. The minimum Gasteiger partial charge on any atom is -0.339 e. The van der Waals surface area contributed by atoms with Crippen LogP contribution >= 0.6 is 0 Å². The number of anilines is 4. The number of aryl methyl sites for hydroxylation is 2. The van der Waals surface area contributed by atoms with Crippen molar-refractivity contribution in [1.82, 2.24) is 20.0 Å². The zero-order valence-electron chi connectivity index (χ0n) is 16.9. The summed E-state index contributed by atoms with van der Waals surface area (Å²) in [5.41, 5.74) is 3.80. The second-order valence-electron chi connectivity index (χ2n) is 6.90. The summed E-state index contributed by atoms with van der Waals surface area (Å²) in [6.07, 6.45) is 0. The molecule has 0 aliphatic heterocycles. The van der Waals surface area contributed by atoms with Gasteiger partial charge in [-0.1, -0.05) is 0 Å². The first-order chi connectivity index (χ1) is 15.0. The van der Waals surface area contributed by atoms with E-state index in [0.717, 1.165) is 17.1 Å². The molecule has 2 heterocycles. The number of hydrogen-bond acceptors (Lipinski definition) is 5. The Balaban J connectivity index is 1.35. The van der Waals surface area contributed by atoms with E-state index >= 15 is 0 Å². The van der Waals surface area contributed by atoms with Gasteiger partial charge in [0.05, 0.1) is 5.69 Å². The number of carbonyl (C=O) groups excluding carboxylic acids is 1. The van der Waals surface area contributed by atoms with Gasteiger partial charge in [0, 0.05) is 22.8 Å². The number of nitrogens with one attached hydrogen (secondary N) is 3. The third-order valence-electron chi connectivity index (χ3n) is 4.39. The highest BCUT2D eigenvalue weighted by Gasteiger charge is 2.07. The fourth-order valence-corrected chi connectivity index (χ4v) is 2.98. The molecule has 9 heteroatoms. The van der Waals surface area contributed by atoms with Gasteiger partial charge in [0.2, 0.25) is 0 Å². The molecule has 4 aromatic rings. The molecule has 0 atom stereocenters. The van der Waals surface area contributed by atoms with Crippen LogP contribution in [0.5, 0.6) is 0 Å². The molecule has 2 aromatic carbocycles. The van der Waals surface area contributed by atoms with E-state index in [1.165, 1.54) is 24.3 Å². The maximum absolute atomic E-state index is 12.9. The Morgan fingerprint density at radius 3 is 2.00 bits per heavy atom. The van der Waals surface area contributed by atoms with Crippen molar-refractivity contribution >= 4 is 28.9 Å². The molecule has 156 valence electrons. The average molecular weight is 417 g/mol. The van der Waals surface area contributed by atoms with Gasteiger partial charge in [-0.15, -0.1) is 10.2 Å². The SMILES string of the molecule is Cc1cc(C)n(-c2ccc(Nc3ccc(NC(=O)Nc4ccc(F)cc4)cc3)nn2)n1. The van der Waals surface area contributed by atoms with E-state index in [2.05, 4.69) is 31.2 Å². The number of urea groups is 1. The summed E-state index contributed by atoms with van der Waals surface area (Å²) < 4.78 is 14.7. The molecule has 0 unspecified atom stereocenters. The summed E-state index contributed by atoms with van der Waals surface area (Å²) in [5.74, 6) is 0.864. The monoisotopic (exact) mass is 417 g/mol. The van der Waals surface area contributed by atoms with Gasteiger partial charge in [-0.25, -0.2) is 13.9 Å². The van der Waals surface area contributed by atoms with Gasteiger partial charge in [-0.05, 0) is 80.6 Å². The van der Waals surface area contributed by atoms with Crippen LogP contribution in [0.25, 0.3) is 5.82 Å². The molecule has 2 aromatic heterocycles. The second-order valence-corrected chi connectivity index (χ2v) is 6.90. The highest BCUT2D eigenvalue weighted by molar-refractivity contribution is 5.99. The van der Waals surface area contributed by atoms with Crippen molar-refractivity contribution < 1.29 is 9.18 Å². The maximum Gasteiger partial charge on any atom is 0.323 e. The Hall–Kier alpha value is -4.27. The van der Waals surface area contributed by atoms with Crippen molar-refractivity contribution in [3.63, 3.8) is 0 Å². The van der Waals surface area contributed by atoms with Gasteiger partial charge in [-0.3, -0.25) is 0 Å². The summed E-state index contributed by atoms with van der Waals surface area (Å²) in [4.78, 5) is 12.1. The van der Waals surface area contributed by atoms with Crippen molar-refractivity contribution in [2.45, 2.75) is 13.8 Å². The van der Waals surface area contributed by atoms with Gasteiger partial charge in [0.25, 0.3) is 0 Å². The van der Waals surface area contributed by atoms with E-state index in [1.54, 1.807) is 16.8 Å². The first kappa shape index (κ1) is 20.0. The number of carbonyl (C=O) groups is 1. The molecular weight excluding hydrogens is 397 g/mol. The van der Waals surface area contributed by atoms with E-state index in [9.17, 15) is 9.18 Å². The zero-order chi connectivity index (χ0) is 21.8. The minimum absolute atomic E-state index is 0.361. The topological polar surface area (TPSA) is 96.8 Å². The summed E-state index contributed by atoms with van der Waals surface area (Å²) in [5, 5.41) is 21.3. The lowest BCUT2D eigenvalue weighted by molar-refractivity contribution is 0.262. The molecule has 0 aliphatic carbocycles. The van der Waals surface area contributed by atoms with Crippen LogP contribution in [0.1, 0.15) is 11.4 Å². The standard InChI is InChI=1S/C22H20FN7O/c1-14-13-15(2)30(29-14)21-12-11-20(27-28-21)24-17-7-9-19(10-8-17)26-22(31)25-18-5-3-16(23)4-6-18/h3-13H,1-2H3,(H,24,27)(H2,25,26,31). The van der Waals surface area contributed by atoms with Gasteiger partial charge >= 0.3 is 6.03 Å². The number of rotatable bonds is 5. The molecule has 31 heavy (non-hydrogen) atoms. The lowest BCUT2D eigenvalue weighted by atomic mass is 10.2. The van der Waals surface area contributed by atoms with Crippen LogP contribution in [-0.2, 0) is 0 Å². The van der Waals surface area contributed by atoms with Crippen molar-refractivity contribution in [1.29, 1.82) is 0 Å². The van der Waals surface area contributed by atoms with Crippen LogP contribution in [0, 0.1) is 19.7 Å². The number of benzene rings is 2. The van der Waals surface area contributed by atoms with Crippen LogP contribution < -0.4 is 16.0 Å². The van der Waals surface area contributed by atoms with Crippen molar-refractivity contribution in [3.8, 4) is 5.82 Å². The lowest BCUT2D eigenvalue weighted by Crippen LogP contribution is -2.19. The number of halogens is 1. The number of hydrogen-bond donors (Lipinski definition) is 3. The number of amides is 2. The normalized spacial score (nSPS) is 10.5. The fourth-order valence-electron chi connectivity index (χ4n) is 2.98. The van der Waals surface area contributed by atoms with E-state index in [1.807, 2.05) is 44.2 Å². The molecule has 3 N–H and O–H groups in total. The third-order valence-corrected chi connectivity index (χ3v) is 4.39. The quantitative estimate of drug-likeness (QED) is 0.433. The number of nitrogens with zero attached hydrogens (tertiary/aromatic N) is 4. The zero-order valence-corrected chi connectivity index (χ0v) is 16.9. The van der Waals surface area contributed by atoms with Crippen LogP contribution in [0.4, 0.5) is 32.1 Å². The Kier molecular flexibility index (Phi) is 5.57. The highest BCUT2D eigenvalue weighted by Crippen LogP contribution is 2.18. The summed E-state index contributed by atoms with van der Waals surface area (Å²) >= 11 is 0. The molecule has 0 aliphatic rings. The first-order valence-corrected chi connectivity index (χ1v) is 9.54. The van der Waals surface area contributed by atoms with Crippen LogP contribution in [0.3, 0.4) is 0 Å². The smallest absolute Gasteiger partial charge is 0.323 e. The Bertz CT molecular complexity index is 1190. The molecule has 0 fully saturated rings. The van der Waals surface area contributed by atoms with E-state index in [4.69, 9.17) is 0 Å². The first-order valence-electron chi connectivity index (χ1n) is 9.54. The Labute approximate surface area is 178 Å². The van der Waals surface area contributed by atoms with Gasteiger partial charge in [-0.2, -0.15) is 5.10 Å². The molecule has 4 rings (SSSR count). The van der Waals surface area contributed by atoms with Crippen molar-refractivity contribution in [3.05, 3.63) is 83.9 Å². The lowest BCUT2D eigenvalue weighted by Gasteiger charge is -2.09. The van der Waals surface area contributed by atoms with Crippen molar-refractivity contribution in [2.75, 3.05) is 16.0 Å². The number of aromatic nitrogens is 4. The second kappa shape index (κ2) is 8.62. The fraction of sp³-hybridized carbons (Fsp3) is 0.0909. The summed E-state index contributed by atoms with van der Waals surface area (Å²) in [6, 6.07) is 17.9. The molecular formula is C22H20FN7O. The molecule has 2 amide bonds. The van der Waals surface area contributed by atoms with E-state index in [0.29, 0.717) is 23.0 Å². The summed E-state index contributed by atoms with van der Waals surface area (Å²) in [6.45, 7) is 3.89. The van der Waals surface area contributed by atoms with Crippen LogP contribution in [0.2, 0.25) is 0 Å². The Morgan fingerprint density at radius 2 is 1.45 bits per heavy atom. The predicted molar refractivity (Wildman–Crippen MR) is 117 cm³/mol. The van der Waals surface area contributed by atoms with Gasteiger partial charge < -0.3 is 16.0 Å². The van der Waals surface area contributed by atoms with Gasteiger partial charge in [0.15, 0.2) is 11.6 Å². The third kappa shape index (κ3) is 5.02. The molecule has 0 bridgehead atoms. The molecule has 0 saturated heterocycles. The minimum atomic E-state index is -0.419. The molecule has 8 nitrogen and oxygen atoms in total. The highest BCUT2D eigenvalue weighted by atomic mass is 19.1. The largest absolute Gasteiger partial charge is 0.339 e. The van der Waals surface area contributed by atoms with Crippen molar-refractivity contribution in [2.24, 2.45) is 0 Å². The average Bonchev–Trinajstić information content (AvgIpc) is 3.10.